The Hall–Kier alpha value is -2.80. The molecule has 0 radical (unpaired) electrons. The van der Waals surface area contributed by atoms with Crippen LogP contribution in [0.25, 0.3) is 22.4 Å². The van der Waals surface area contributed by atoms with Crippen molar-refractivity contribution in [2.45, 2.75) is 58.1 Å². The van der Waals surface area contributed by atoms with Gasteiger partial charge in [-0.25, -0.2) is 9.97 Å². The minimum Gasteiger partial charge on any atom is -0.375 e. The zero-order valence-electron chi connectivity index (χ0n) is 17.2. The second-order valence-corrected chi connectivity index (χ2v) is 8.43. The van der Waals surface area contributed by atoms with Gasteiger partial charge < -0.3 is 4.74 Å². The molecule has 29 heavy (non-hydrogen) atoms. The maximum absolute atomic E-state index is 12.5. The Balaban J connectivity index is 1.61. The Morgan fingerprint density at radius 2 is 2.07 bits per heavy atom. The highest BCUT2D eigenvalue weighted by atomic mass is 16.5. The van der Waals surface area contributed by atoms with Gasteiger partial charge >= 0.3 is 0 Å². The highest BCUT2D eigenvalue weighted by molar-refractivity contribution is 5.91. The Morgan fingerprint density at radius 3 is 2.72 bits per heavy atom. The lowest BCUT2D eigenvalue weighted by Gasteiger charge is -2.28. The van der Waals surface area contributed by atoms with E-state index in [1.807, 2.05) is 45.0 Å². The van der Waals surface area contributed by atoms with Crippen molar-refractivity contribution < 1.29 is 9.53 Å². The molecule has 1 aliphatic rings. The monoisotopic (exact) mass is 393 g/mol. The number of anilines is 1. The maximum Gasteiger partial charge on any atom is 0.229 e. The molecule has 0 saturated heterocycles. The number of carbonyl (C=O) groups excluding carboxylic acids is 1. The predicted octanol–water partition coefficient (Wildman–Crippen LogP) is 4.36. The summed E-state index contributed by atoms with van der Waals surface area (Å²) in [6, 6.07) is 8.11. The zero-order valence-corrected chi connectivity index (χ0v) is 17.2. The van der Waals surface area contributed by atoms with Gasteiger partial charge in [-0.05, 0) is 64.3 Å². The topological polar surface area (TPSA) is 81.9 Å². The van der Waals surface area contributed by atoms with Gasteiger partial charge in [-0.15, -0.1) is 0 Å². The molecule has 3 aromatic heterocycles. The fourth-order valence-electron chi connectivity index (χ4n) is 3.36. The molecule has 1 amide bonds. The Kier molecular flexibility index (Phi) is 5.32. The van der Waals surface area contributed by atoms with Crippen molar-refractivity contribution in [1.29, 1.82) is 0 Å². The summed E-state index contributed by atoms with van der Waals surface area (Å²) in [5.74, 6) is 0.471. The Bertz CT molecular complexity index is 1000. The first kappa shape index (κ1) is 19.5. The number of hydrogen-bond acceptors (Lipinski definition) is 5. The van der Waals surface area contributed by atoms with E-state index in [0.29, 0.717) is 25.0 Å². The van der Waals surface area contributed by atoms with Gasteiger partial charge in [-0.3, -0.25) is 19.7 Å². The number of amides is 1. The van der Waals surface area contributed by atoms with Crippen molar-refractivity contribution in [3.63, 3.8) is 0 Å². The van der Waals surface area contributed by atoms with E-state index in [4.69, 9.17) is 9.72 Å². The van der Waals surface area contributed by atoms with Crippen LogP contribution in [-0.2, 0) is 9.53 Å². The van der Waals surface area contributed by atoms with Crippen LogP contribution < -0.4 is 5.32 Å². The average molecular weight is 393 g/mol. The van der Waals surface area contributed by atoms with Gasteiger partial charge in [0.25, 0.3) is 0 Å². The number of ether oxygens (including phenoxy) is 1. The molecule has 3 heterocycles. The molecule has 7 heteroatoms. The number of hydrogen-bond donors (Lipinski definition) is 1. The highest BCUT2D eigenvalue weighted by Crippen LogP contribution is 2.37. The Morgan fingerprint density at radius 1 is 1.24 bits per heavy atom. The summed E-state index contributed by atoms with van der Waals surface area (Å²) in [6.07, 6.45) is 7.16. The molecule has 0 aromatic carbocycles. The molecular formula is C22H27N5O2. The molecule has 1 fully saturated rings. The number of fused-ring (bicyclic) bond motifs is 1. The number of nitrogens with one attached hydrogen (secondary N) is 1. The molecule has 0 atom stereocenters. The van der Waals surface area contributed by atoms with Crippen molar-refractivity contribution in [3.8, 4) is 11.3 Å². The van der Waals surface area contributed by atoms with Gasteiger partial charge in [0.2, 0.25) is 11.9 Å². The highest BCUT2D eigenvalue weighted by Gasteiger charge is 2.26. The fraction of sp³-hybridized carbons (Fsp3) is 0.455. The van der Waals surface area contributed by atoms with Crippen LogP contribution in [-0.4, -0.2) is 37.6 Å². The molecule has 0 bridgehead atoms. The van der Waals surface area contributed by atoms with Gasteiger partial charge in [0, 0.05) is 24.0 Å². The molecule has 1 N–H and O–H groups in total. The first-order valence-corrected chi connectivity index (χ1v) is 10.1. The lowest BCUT2D eigenvalue weighted by Crippen LogP contribution is -2.25. The molecule has 152 valence electrons. The molecule has 1 saturated carbocycles. The quantitative estimate of drug-likeness (QED) is 0.673. The van der Waals surface area contributed by atoms with E-state index in [1.165, 1.54) is 6.42 Å². The summed E-state index contributed by atoms with van der Waals surface area (Å²) in [7, 11) is 0. The minimum absolute atomic E-state index is 0.0994. The summed E-state index contributed by atoms with van der Waals surface area (Å²) < 4.78 is 7.75. The molecule has 0 aliphatic heterocycles. The van der Waals surface area contributed by atoms with E-state index >= 15 is 0 Å². The molecule has 0 unspecified atom stereocenters. The summed E-state index contributed by atoms with van der Waals surface area (Å²) in [4.78, 5) is 26.2. The van der Waals surface area contributed by atoms with Crippen LogP contribution >= 0.6 is 0 Å². The zero-order chi connectivity index (χ0) is 20.4. The lowest BCUT2D eigenvalue weighted by atomic mass is 9.93. The molecule has 3 aromatic rings. The van der Waals surface area contributed by atoms with Crippen LogP contribution in [0.3, 0.4) is 0 Å². The molecule has 7 nitrogen and oxygen atoms in total. The van der Waals surface area contributed by atoms with E-state index in [2.05, 4.69) is 19.9 Å². The van der Waals surface area contributed by atoms with Crippen LogP contribution in [0.2, 0.25) is 0 Å². The van der Waals surface area contributed by atoms with Crippen molar-refractivity contribution in [1.82, 2.24) is 19.5 Å². The summed E-state index contributed by atoms with van der Waals surface area (Å²) in [5, 5.41) is 2.98. The van der Waals surface area contributed by atoms with Gasteiger partial charge in [0.05, 0.1) is 24.3 Å². The molecule has 0 spiro atoms. The minimum atomic E-state index is -0.258. The van der Waals surface area contributed by atoms with Crippen LogP contribution in [0.1, 0.15) is 52.5 Å². The third kappa shape index (κ3) is 4.45. The van der Waals surface area contributed by atoms with E-state index in [9.17, 15) is 4.79 Å². The second kappa shape index (κ2) is 7.91. The smallest absolute Gasteiger partial charge is 0.229 e. The van der Waals surface area contributed by atoms with Crippen LogP contribution in [0, 0.1) is 0 Å². The normalized spacial score (nSPS) is 14.7. The van der Waals surface area contributed by atoms with Crippen LogP contribution in [0.5, 0.6) is 0 Å². The summed E-state index contributed by atoms with van der Waals surface area (Å²) in [5.41, 5.74) is 3.14. The van der Waals surface area contributed by atoms with Crippen molar-refractivity contribution in [3.05, 3.63) is 36.7 Å². The van der Waals surface area contributed by atoms with E-state index in [-0.39, 0.29) is 11.5 Å². The van der Waals surface area contributed by atoms with E-state index in [1.54, 1.807) is 12.4 Å². The average Bonchev–Trinajstić information content (AvgIpc) is 2.97. The van der Waals surface area contributed by atoms with E-state index < -0.39 is 0 Å². The largest absolute Gasteiger partial charge is 0.375 e. The van der Waals surface area contributed by atoms with Crippen molar-refractivity contribution in [2.75, 3.05) is 11.9 Å². The number of carbonyl (C=O) groups is 1. The summed E-state index contributed by atoms with van der Waals surface area (Å²) >= 11 is 0. The number of imidazole rings is 1. The number of pyridine rings is 2. The Labute approximate surface area is 170 Å². The van der Waals surface area contributed by atoms with Crippen molar-refractivity contribution in [2.24, 2.45) is 0 Å². The van der Waals surface area contributed by atoms with Crippen LogP contribution in [0.15, 0.2) is 36.7 Å². The molecule has 1 aliphatic carbocycles. The predicted molar refractivity (Wildman–Crippen MR) is 113 cm³/mol. The van der Waals surface area contributed by atoms with Gasteiger partial charge in [-0.2, -0.15) is 0 Å². The van der Waals surface area contributed by atoms with Gasteiger partial charge in [0.1, 0.15) is 5.52 Å². The fourth-order valence-corrected chi connectivity index (χ4v) is 3.36. The van der Waals surface area contributed by atoms with Gasteiger partial charge in [0.15, 0.2) is 5.65 Å². The number of nitrogens with zero attached hydrogens (tertiary/aromatic N) is 4. The first-order chi connectivity index (χ1) is 13.9. The molecular weight excluding hydrogens is 366 g/mol. The standard InChI is InChI=1S/C22H27N5O2/c1-22(2,3)29-13-11-19(28)26-21-25-18-10-9-17(15-6-5-12-23-14-15)24-20(18)27(21)16-7-4-8-16/h5-6,9-10,12,14,16H,4,7-8,11,13H2,1-3H3,(H,25,26,28). The third-order valence-corrected chi connectivity index (χ3v) is 5.05. The second-order valence-electron chi connectivity index (χ2n) is 8.43. The summed E-state index contributed by atoms with van der Waals surface area (Å²) in [6.45, 7) is 6.31. The van der Waals surface area contributed by atoms with E-state index in [0.717, 1.165) is 35.3 Å². The van der Waals surface area contributed by atoms with Gasteiger partial charge in [-0.1, -0.05) is 0 Å². The number of aromatic nitrogens is 4. The maximum atomic E-state index is 12.5. The van der Waals surface area contributed by atoms with Crippen LogP contribution in [0.4, 0.5) is 5.95 Å². The molecule has 4 rings (SSSR count). The first-order valence-electron chi connectivity index (χ1n) is 10.1. The van der Waals surface area contributed by atoms with Crippen molar-refractivity contribution >= 4 is 23.0 Å². The SMILES string of the molecule is CC(C)(C)OCCC(=O)Nc1nc2ccc(-c3cccnc3)nc2n1C1CCC1. The number of rotatable bonds is 6. The third-order valence-electron chi connectivity index (χ3n) is 5.05. The lowest BCUT2D eigenvalue weighted by molar-refractivity contribution is -0.118.